The molecule has 0 unspecified atom stereocenters. The van der Waals surface area contributed by atoms with E-state index >= 15 is 0 Å². The number of phenolic OH excluding ortho intramolecular Hbond substituents is 1. The van der Waals surface area contributed by atoms with Gasteiger partial charge < -0.3 is 10.8 Å². The molecule has 0 aromatic heterocycles. The molecule has 16 heavy (non-hydrogen) atoms. The van der Waals surface area contributed by atoms with E-state index in [9.17, 15) is 13.5 Å². The van der Waals surface area contributed by atoms with Crippen LogP contribution in [-0.2, 0) is 10.1 Å². The predicted octanol–water partition coefficient (Wildman–Crippen LogP) is 1.37. The zero-order valence-corrected chi connectivity index (χ0v) is 8.90. The van der Waals surface area contributed by atoms with Gasteiger partial charge in [-0.3, -0.25) is 4.55 Å². The predicted molar refractivity (Wildman–Crippen MR) is 59.8 cm³/mol. The average molecular weight is 239 g/mol. The van der Waals surface area contributed by atoms with Gasteiger partial charge in [0.25, 0.3) is 10.1 Å². The highest BCUT2D eigenvalue weighted by molar-refractivity contribution is 7.86. The maximum Gasteiger partial charge on any atom is 0.298 e. The summed E-state index contributed by atoms with van der Waals surface area (Å²) in [5.74, 6) is -0.499. The van der Waals surface area contributed by atoms with Crippen LogP contribution in [0.5, 0.6) is 5.75 Å². The summed E-state index contributed by atoms with van der Waals surface area (Å²) < 4.78 is 31.3. The number of fused-ring (bicyclic) bond motifs is 1. The SMILES string of the molecule is Nc1ccc2ccc(O)c(S(=O)(=O)O)c2c1. The Morgan fingerprint density at radius 2 is 1.75 bits per heavy atom. The Hall–Kier alpha value is -1.79. The van der Waals surface area contributed by atoms with Gasteiger partial charge >= 0.3 is 0 Å². The van der Waals surface area contributed by atoms with Crippen molar-refractivity contribution in [3.63, 3.8) is 0 Å². The fourth-order valence-electron chi connectivity index (χ4n) is 1.57. The van der Waals surface area contributed by atoms with Crippen molar-refractivity contribution >= 4 is 26.6 Å². The second-order valence-electron chi connectivity index (χ2n) is 3.37. The van der Waals surface area contributed by atoms with Crippen molar-refractivity contribution < 1.29 is 18.1 Å². The van der Waals surface area contributed by atoms with E-state index in [0.29, 0.717) is 11.1 Å². The van der Waals surface area contributed by atoms with Crippen molar-refractivity contribution in [2.75, 3.05) is 5.73 Å². The zero-order valence-electron chi connectivity index (χ0n) is 8.08. The first-order valence-corrected chi connectivity index (χ1v) is 5.82. The molecule has 5 nitrogen and oxygen atoms in total. The molecule has 0 amide bonds. The second-order valence-corrected chi connectivity index (χ2v) is 4.73. The lowest BCUT2D eigenvalue weighted by molar-refractivity contribution is 0.445. The van der Waals surface area contributed by atoms with Crippen LogP contribution in [-0.4, -0.2) is 18.1 Å². The van der Waals surface area contributed by atoms with Crippen LogP contribution in [0.4, 0.5) is 5.69 Å². The molecule has 0 bridgehead atoms. The van der Waals surface area contributed by atoms with Gasteiger partial charge in [-0.25, -0.2) is 0 Å². The Kier molecular flexibility index (Phi) is 2.25. The Morgan fingerprint density at radius 1 is 1.12 bits per heavy atom. The Morgan fingerprint density at radius 3 is 2.38 bits per heavy atom. The summed E-state index contributed by atoms with van der Waals surface area (Å²) in [7, 11) is -4.48. The van der Waals surface area contributed by atoms with Gasteiger partial charge in [-0.2, -0.15) is 8.42 Å². The fourth-order valence-corrected chi connectivity index (χ4v) is 2.36. The van der Waals surface area contributed by atoms with Crippen LogP contribution in [0.1, 0.15) is 0 Å². The third-order valence-corrected chi connectivity index (χ3v) is 3.18. The summed E-state index contributed by atoms with van der Waals surface area (Å²) in [6, 6.07) is 7.35. The molecule has 0 aliphatic rings. The standard InChI is InChI=1S/C10H9NO4S/c11-7-3-1-6-2-4-9(12)10(8(6)5-7)16(13,14)15/h1-5,12H,11H2,(H,13,14,15). The number of hydrogen-bond donors (Lipinski definition) is 3. The first kappa shape index (κ1) is 10.7. The zero-order chi connectivity index (χ0) is 11.9. The van der Waals surface area contributed by atoms with Gasteiger partial charge in [0.2, 0.25) is 0 Å². The quantitative estimate of drug-likeness (QED) is 0.515. The summed E-state index contributed by atoms with van der Waals surface area (Å²) in [6.07, 6.45) is 0. The molecule has 0 saturated carbocycles. The largest absolute Gasteiger partial charge is 0.506 e. The molecular weight excluding hydrogens is 230 g/mol. The lowest BCUT2D eigenvalue weighted by Gasteiger charge is -2.06. The van der Waals surface area contributed by atoms with Gasteiger partial charge in [-0.1, -0.05) is 12.1 Å². The van der Waals surface area contributed by atoms with E-state index in [1.165, 1.54) is 12.1 Å². The number of benzene rings is 2. The van der Waals surface area contributed by atoms with Gasteiger partial charge in [0.15, 0.2) is 0 Å². The number of nitrogen functional groups attached to an aromatic ring is 1. The van der Waals surface area contributed by atoms with Crippen molar-refractivity contribution in [3.05, 3.63) is 30.3 Å². The lowest BCUT2D eigenvalue weighted by atomic mass is 10.1. The van der Waals surface area contributed by atoms with Crippen LogP contribution >= 0.6 is 0 Å². The average Bonchev–Trinajstić information content (AvgIpc) is 2.14. The molecule has 0 aliphatic carbocycles. The number of aromatic hydroxyl groups is 1. The smallest absolute Gasteiger partial charge is 0.298 e. The van der Waals surface area contributed by atoms with Crippen molar-refractivity contribution in [1.29, 1.82) is 0 Å². The number of rotatable bonds is 1. The molecular formula is C10H9NO4S. The van der Waals surface area contributed by atoms with E-state index in [-0.39, 0.29) is 5.39 Å². The maximum absolute atomic E-state index is 11.1. The molecule has 2 aromatic carbocycles. The van der Waals surface area contributed by atoms with Crippen molar-refractivity contribution in [3.8, 4) is 5.75 Å². The third kappa shape index (κ3) is 1.68. The molecule has 0 saturated heterocycles. The number of nitrogens with two attached hydrogens (primary N) is 1. The van der Waals surface area contributed by atoms with Gasteiger partial charge in [-0.15, -0.1) is 0 Å². The molecule has 2 rings (SSSR count). The Labute approximate surface area is 91.9 Å². The minimum Gasteiger partial charge on any atom is -0.506 e. The first-order chi connectivity index (χ1) is 7.39. The Balaban J connectivity index is 3.00. The Bertz CT molecular complexity index is 659. The summed E-state index contributed by atoms with van der Waals surface area (Å²) in [5, 5.41) is 10.2. The van der Waals surface area contributed by atoms with Crippen LogP contribution in [0.25, 0.3) is 10.8 Å². The summed E-state index contributed by atoms with van der Waals surface area (Å²) >= 11 is 0. The minimum absolute atomic E-state index is 0.197. The van der Waals surface area contributed by atoms with E-state index in [0.717, 1.165) is 0 Å². The van der Waals surface area contributed by atoms with Crippen LogP contribution in [0, 0.1) is 0 Å². The number of phenols is 1. The van der Waals surface area contributed by atoms with Crippen molar-refractivity contribution in [2.24, 2.45) is 0 Å². The van der Waals surface area contributed by atoms with E-state index in [1.54, 1.807) is 18.2 Å². The van der Waals surface area contributed by atoms with E-state index in [4.69, 9.17) is 10.3 Å². The number of anilines is 1. The topological polar surface area (TPSA) is 101 Å². The molecule has 0 heterocycles. The highest BCUT2D eigenvalue weighted by Gasteiger charge is 2.19. The normalized spacial score (nSPS) is 11.8. The van der Waals surface area contributed by atoms with E-state index in [2.05, 4.69) is 0 Å². The first-order valence-electron chi connectivity index (χ1n) is 4.38. The third-order valence-electron chi connectivity index (χ3n) is 2.23. The summed E-state index contributed by atoms with van der Waals surface area (Å²) in [6.45, 7) is 0. The molecule has 6 heteroatoms. The molecule has 2 aromatic rings. The fraction of sp³-hybridized carbons (Fsp3) is 0. The van der Waals surface area contributed by atoms with Crippen LogP contribution in [0.3, 0.4) is 0 Å². The molecule has 0 aliphatic heterocycles. The van der Waals surface area contributed by atoms with Gasteiger partial charge in [-0.05, 0) is 23.6 Å². The molecule has 0 radical (unpaired) electrons. The van der Waals surface area contributed by atoms with Crippen molar-refractivity contribution in [2.45, 2.75) is 4.90 Å². The van der Waals surface area contributed by atoms with Gasteiger partial charge in [0, 0.05) is 11.1 Å². The lowest BCUT2D eigenvalue weighted by Crippen LogP contribution is -2.00. The molecule has 0 spiro atoms. The highest BCUT2D eigenvalue weighted by atomic mass is 32.2. The van der Waals surface area contributed by atoms with Crippen LogP contribution in [0.2, 0.25) is 0 Å². The second kappa shape index (κ2) is 3.36. The minimum atomic E-state index is -4.48. The highest BCUT2D eigenvalue weighted by Crippen LogP contribution is 2.32. The van der Waals surface area contributed by atoms with Gasteiger partial charge in [0.1, 0.15) is 10.6 Å². The molecule has 4 N–H and O–H groups in total. The van der Waals surface area contributed by atoms with Crippen LogP contribution < -0.4 is 5.73 Å². The number of hydrogen-bond acceptors (Lipinski definition) is 4. The van der Waals surface area contributed by atoms with Gasteiger partial charge in [0.05, 0.1) is 0 Å². The van der Waals surface area contributed by atoms with E-state index < -0.39 is 20.8 Å². The summed E-state index contributed by atoms with van der Waals surface area (Å²) in [5.41, 5.74) is 5.88. The summed E-state index contributed by atoms with van der Waals surface area (Å²) in [4.78, 5) is -0.516. The molecule has 0 fully saturated rings. The molecule has 0 atom stereocenters. The van der Waals surface area contributed by atoms with Crippen molar-refractivity contribution in [1.82, 2.24) is 0 Å². The van der Waals surface area contributed by atoms with Crippen LogP contribution in [0.15, 0.2) is 35.2 Å². The monoisotopic (exact) mass is 239 g/mol. The molecule has 84 valence electrons. The van der Waals surface area contributed by atoms with E-state index in [1.807, 2.05) is 0 Å². The maximum atomic E-state index is 11.1.